The quantitative estimate of drug-likeness (QED) is 0.670. The predicted molar refractivity (Wildman–Crippen MR) is 86.2 cm³/mol. The van der Waals surface area contributed by atoms with Crippen molar-refractivity contribution in [1.82, 2.24) is 9.97 Å². The maximum Gasteiger partial charge on any atom is 0.133 e. The molecule has 0 fully saturated rings. The Hall–Kier alpha value is -2.10. The predicted octanol–water partition coefficient (Wildman–Crippen LogP) is 3.25. The van der Waals surface area contributed by atoms with E-state index in [9.17, 15) is 0 Å². The molecule has 1 aromatic carbocycles. The van der Waals surface area contributed by atoms with Crippen LogP contribution < -0.4 is 11.1 Å². The zero-order valence-electron chi connectivity index (χ0n) is 12.5. The maximum atomic E-state index is 5.97. The minimum atomic E-state index is 0.750. The number of anilines is 2. The van der Waals surface area contributed by atoms with Crippen molar-refractivity contribution in [2.45, 2.75) is 45.6 Å². The highest BCUT2D eigenvalue weighted by molar-refractivity contribution is 5.52. The molecule has 0 atom stereocenters. The van der Waals surface area contributed by atoms with Gasteiger partial charge in [-0.1, -0.05) is 18.6 Å². The average molecular weight is 282 g/mol. The summed E-state index contributed by atoms with van der Waals surface area (Å²) in [5, 5.41) is 3.48. The molecule has 21 heavy (non-hydrogen) atoms. The van der Waals surface area contributed by atoms with E-state index in [0.717, 1.165) is 36.5 Å². The second kappa shape index (κ2) is 6.12. The van der Waals surface area contributed by atoms with Crippen molar-refractivity contribution >= 4 is 11.5 Å². The van der Waals surface area contributed by atoms with E-state index >= 15 is 0 Å². The molecular formula is C17H22N4. The molecule has 4 heteroatoms. The van der Waals surface area contributed by atoms with Crippen LogP contribution in [0.25, 0.3) is 0 Å². The third-order valence-electron chi connectivity index (χ3n) is 4.31. The number of fused-ring (bicyclic) bond motifs is 1. The van der Waals surface area contributed by atoms with Crippen LogP contribution in [-0.4, -0.2) is 9.97 Å². The van der Waals surface area contributed by atoms with Gasteiger partial charge in [0.05, 0.1) is 0 Å². The lowest BCUT2D eigenvalue weighted by atomic mass is 10.1. The van der Waals surface area contributed by atoms with E-state index in [1.807, 2.05) is 12.1 Å². The fourth-order valence-corrected chi connectivity index (χ4v) is 2.92. The molecule has 1 aliphatic carbocycles. The van der Waals surface area contributed by atoms with Gasteiger partial charge in [-0.15, -0.1) is 0 Å². The molecule has 1 aliphatic rings. The molecule has 1 aromatic heterocycles. The Bertz CT molecular complexity index is 637. The van der Waals surface area contributed by atoms with E-state index in [0.29, 0.717) is 0 Å². The van der Waals surface area contributed by atoms with Gasteiger partial charge in [0.2, 0.25) is 0 Å². The van der Waals surface area contributed by atoms with Gasteiger partial charge < -0.3 is 11.1 Å². The van der Waals surface area contributed by atoms with Gasteiger partial charge >= 0.3 is 0 Å². The first kappa shape index (κ1) is 13.9. The van der Waals surface area contributed by atoms with Crippen LogP contribution in [0.2, 0.25) is 0 Å². The monoisotopic (exact) mass is 282 g/mol. The minimum absolute atomic E-state index is 0.750. The number of rotatable bonds is 3. The van der Waals surface area contributed by atoms with Crippen molar-refractivity contribution in [3.05, 3.63) is 46.9 Å². The smallest absolute Gasteiger partial charge is 0.133 e. The molecule has 0 saturated carbocycles. The first-order valence-corrected chi connectivity index (χ1v) is 7.66. The highest BCUT2D eigenvalue weighted by Crippen LogP contribution is 2.24. The molecule has 0 radical (unpaired) electrons. The number of hydrogen-bond acceptors (Lipinski definition) is 4. The van der Waals surface area contributed by atoms with Crippen LogP contribution in [0.15, 0.2) is 24.5 Å². The van der Waals surface area contributed by atoms with Crippen LogP contribution in [-0.2, 0) is 19.4 Å². The summed E-state index contributed by atoms with van der Waals surface area (Å²) in [6.07, 6.45) is 7.57. The summed E-state index contributed by atoms with van der Waals surface area (Å²) in [6.45, 7) is 2.81. The molecule has 110 valence electrons. The van der Waals surface area contributed by atoms with E-state index in [-0.39, 0.29) is 0 Å². The largest absolute Gasteiger partial charge is 0.399 e. The van der Waals surface area contributed by atoms with Crippen LogP contribution in [0.4, 0.5) is 11.5 Å². The van der Waals surface area contributed by atoms with Gasteiger partial charge in [-0.3, -0.25) is 0 Å². The fraction of sp³-hybridized carbons (Fsp3) is 0.412. The third-order valence-corrected chi connectivity index (χ3v) is 4.31. The van der Waals surface area contributed by atoms with Gasteiger partial charge in [0.15, 0.2) is 0 Å². The number of hydrogen-bond donors (Lipinski definition) is 2. The van der Waals surface area contributed by atoms with Crippen molar-refractivity contribution in [2.75, 3.05) is 11.1 Å². The van der Waals surface area contributed by atoms with Crippen LogP contribution in [0.5, 0.6) is 0 Å². The normalized spacial score (nSPS) is 14.3. The summed E-state index contributed by atoms with van der Waals surface area (Å²) < 4.78 is 0. The molecule has 0 saturated heterocycles. The van der Waals surface area contributed by atoms with E-state index < -0.39 is 0 Å². The summed E-state index contributed by atoms with van der Waals surface area (Å²) in [7, 11) is 0. The molecule has 0 unspecified atom stereocenters. The Morgan fingerprint density at radius 2 is 2.00 bits per heavy atom. The second-order valence-corrected chi connectivity index (χ2v) is 5.69. The van der Waals surface area contributed by atoms with E-state index in [1.165, 1.54) is 36.1 Å². The molecule has 0 bridgehead atoms. The number of aryl methyl sites for hydroxylation is 1. The highest BCUT2D eigenvalue weighted by Gasteiger charge is 2.14. The molecule has 4 nitrogen and oxygen atoms in total. The number of nitrogens with two attached hydrogens (primary N) is 1. The van der Waals surface area contributed by atoms with Gasteiger partial charge in [-0.25, -0.2) is 9.97 Å². The molecule has 0 spiro atoms. The summed E-state index contributed by atoms with van der Waals surface area (Å²) in [5.74, 6) is 0.990. The average Bonchev–Trinajstić information content (AvgIpc) is 2.74. The number of nitrogens with zero attached hydrogens (tertiary/aromatic N) is 2. The lowest BCUT2D eigenvalue weighted by Gasteiger charge is -2.14. The number of nitrogens with one attached hydrogen (secondary N) is 1. The summed E-state index contributed by atoms with van der Waals surface area (Å²) in [5.41, 5.74) is 11.7. The number of benzene rings is 1. The zero-order chi connectivity index (χ0) is 14.7. The molecule has 2 aromatic rings. The maximum absolute atomic E-state index is 5.97. The van der Waals surface area contributed by atoms with Crippen molar-refractivity contribution in [2.24, 2.45) is 0 Å². The molecular weight excluding hydrogens is 260 g/mol. The van der Waals surface area contributed by atoms with Gasteiger partial charge in [0.1, 0.15) is 12.1 Å². The Morgan fingerprint density at radius 3 is 2.90 bits per heavy atom. The van der Waals surface area contributed by atoms with Crippen molar-refractivity contribution < 1.29 is 0 Å². The Labute approximate surface area is 125 Å². The van der Waals surface area contributed by atoms with E-state index in [4.69, 9.17) is 5.73 Å². The Kier molecular flexibility index (Phi) is 4.04. The van der Waals surface area contributed by atoms with Crippen LogP contribution in [0, 0.1) is 6.92 Å². The van der Waals surface area contributed by atoms with E-state index in [1.54, 1.807) is 6.33 Å². The highest BCUT2D eigenvalue weighted by atomic mass is 15.0. The van der Waals surface area contributed by atoms with E-state index in [2.05, 4.69) is 28.3 Å². The summed E-state index contributed by atoms with van der Waals surface area (Å²) >= 11 is 0. The SMILES string of the molecule is Cc1c(N)cccc1CNc1ncnc2c1CCCCC2. The third kappa shape index (κ3) is 2.99. The first-order valence-electron chi connectivity index (χ1n) is 7.66. The van der Waals surface area contributed by atoms with Gasteiger partial charge in [0.25, 0.3) is 0 Å². The standard InChI is InChI=1S/C17H22N4/c1-12-13(6-5-8-15(12)18)10-19-17-14-7-3-2-4-9-16(14)20-11-21-17/h5-6,8,11H,2-4,7,9-10,18H2,1H3,(H,19,20,21). The van der Waals surface area contributed by atoms with Crippen molar-refractivity contribution in [1.29, 1.82) is 0 Å². The second-order valence-electron chi connectivity index (χ2n) is 5.69. The summed E-state index contributed by atoms with van der Waals surface area (Å²) in [4.78, 5) is 8.90. The van der Waals surface area contributed by atoms with Crippen LogP contribution >= 0.6 is 0 Å². The van der Waals surface area contributed by atoms with Gasteiger partial charge in [-0.2, -0.15) is 0 Å². The fourth-order valence-electron chi connectivity index (χ4n) is 2.92. The van der Waals surface area contributed by atoms with Crippen molar-refractivity contribution in [3.8, 4) is 0 Å². The lowest BCUT2D eigenvalue weighted by Crippen LogP contribution is -2.09. The number of aromatic nitrogens is 2. The first-order chi connectivity index (χ1) is 10.3. The van der Waals surface area contributed by atoms with Crippen LogP contribution in [0.1, 0.15) is 41.6 Å². The topological polar surface area (TPSA) is 63.8 Å². The Balaban J connectivity index is 1.81. The van der Waals surface area contributed by atoms with Crippen molar-refractivity contribution in [3.63, 3.8) is 0 Å². The molecule has 3 N–H and O–H groups in total. The number of nitrogen functional groups attached to an aromatic ring is 1. The molecule has 0 amide bonds. The molecule has 3 rings (SSSR count). The molecule has 1 heterocycles. The Morgan fingerprint density at radius 1 is 1.14 bits per heavy atom. The summed E-state index contributed by atoms with van der Waals surface area (Å²) in [6, 6.07) is 6.05. The zero-order valence-corrected chi connectivity index (χ0v) is 12.5. The van der Waals surface area contributed by atoms with Gasteiger partial charge in [0, 0.05) is 23.5 Å². The minimum Gasteiger partial charge on any atom is -0.399 e. The van der Waals surface area contributed by atoms with Gasteiger partial charge in [-0.05, 0) is 49.8 Å². The lowest BCUT2D eigenvalue weighted by molar-refractivity contribution is 0.709. The van der Waals surface area contributed by atoms with Crippen LogP contribution in [0.3, 0.4) is 0 Å². The molecule has 0 aliphatic heterocycles.